The number of carbonyl (C=O) groups is 1. The Morgan fingerprint density at radius 1 is 1.12 bits per heavy atom. The Balaban J connectivity index is 1.42. The molecule has 0 aliphatic rings. The molecular weight excluding hydrogens is 406 g/mol. The van der Waals surface area contributed by atoms with Gasteiger partial charge in [0.15, 0.2) is 0 Å². The van der Waals surface area contributed by atoms with Crippen LogP contribution < -0.4 is 16.6 Å². The molecule has 4 aromatic rings. The molecule has 164 valence electrons. The first-order chi connectivity index (χ1) is 15.5. The van der Waals surface area contributed by atoms with Crippen LogP contribution in [-0.4, -0.2) is 25.0 Å². The number of aromatic nitrogens is 4. The Morgan fingerprint density at radius 3 is 2.72 bits per heavy atom. The van der Waals surface area contributed by atoms with Gasteiger partial charge in [-0.25, -0.2) is 4.79 Å². The second-order valence-corrected chi connectivity index (χ2v) is 7.81. The van der Waals surface area contributed by atoms with Gasteiger partial charge < -0.3 is 14.9 Å². The fourth-order valence-electron chi connectivity index (χ4n) is 3.75. The molecule has 0 saturated heterocycles. The third-order valence-corrected chi connectivity index (χ3v) is 5.41. The summed E-state index contributed by atoms with van der Waals surface area (Å²) in [6, 6.07) is 13.8. The van der Waals surface area contributed by atoms with Gasteiger partial charge in [-0.2, -0.15) is 0 Å². The maximum Gasteiger partial charge on any atom is 0.331 e. The van der Waals surface area contributed by atoms with Gasteiger partial charge in [0.1, 0.15) is 6.54 Å². The summed E-state index contributed by atoms with van der Waals surface area (Å²) in [4.78, 5) is 45.1. The molecule has 8 heteroatoms. The predicted molar refractivity (Wildman–Crippen MR) is 122 cm³/mol. The van der Waals surface area contributed by atoms with Crippen LogP contribution >= 0.6 is 0 Å². The number of hydrogen-bond donors (Lipinski definition) is 2. The molecule has 0 fully saturated rings. The molecule has 3 heterocycles. The Bertz CT molecular complexity index is 1320. The summed E-state index contributed by atoms with van der Waals surface area (Å²) in [5.41, 5.74) is 2.55. The zero-order chi connectivity index (χ0) is 22.5. The second-order valence-electron chi connectivity index (χ2n) is 7.81. The van der Waals surface area contributed by atoms with E-state index >= 15 is 0 Å². The van der Waals surface area contributed by atoms with Crippen LogP contribution in [0.4, 0.5) is 0 Å². The number of hydrogen-bond acceptors (Lipinski definition) is 4. The monoisotopic (exact) mass is 431 g/mol. The van der Waals surface area contributed by atoms with Gasteiger partial charge >= 0.3 is 5.69 Å². The van der Waals surface area contributed by atoms with E-state index in [-0.39, 0.29) is 13.1 Å². The van der Waals surface area contributed by atoms with E-state index in [1.807, 2.05) is 42.5 Å². The highest BCUT2D eigenvalue weighted by atomic mass is 16.2. The molecule has 8 nitrogen and oxygen atoms in total. The molecule has 0 unspecified atom stereocenters. The van der Waals surface area contributed by atoms with Gasteiger partial charge in [0, 0.05) is 47.8 Å². The Hall–Kier alpha value is -3.94. The van der Waals surface area contributed by atoms with E-state index < -0.39 is 17.2 Å². The van der Waals surface area contributed by atoms with Gasteiger partial charge in [-0.3, -0.25) is 19.1 Å². The van der Waals surface area contributed by atoms with Crippen molar-refractivity contribution in [2.75, 3.05) is 0 Å². The summed E-state index contributed by atoms with van der Waals surface area (Å²) in [5.74, 6) is -0.401. The molecule has 0 spiro atoms. The van der Waals surface area contributed by atoms with Crippen LogP contribution in [0.3, 0.4) is 0 Å². The quantitative estimate of drug-likeness (QED) is 0.445. The maximum absolute atomic E-state index is 12.9. The summed E-state index contributed by atoms with van der Waals surface area (Å²) in [6.45, 7) is -0.0564. The first kappa shape index (κ1) is 21.3. The van der Waals surface area contributed by atoms with Crippen molar-refractivity contribution < 1.29 is 4.79 Å². The Morgan fingerprint density at radius 2 is 1.94 bits per heavy atom. The summed E-state index contributed by atoms with van der Waals surface area (Å²) in [7, 11) is 1.59. The SMILES string of the molecule is Cn1cc(CCCc2ccccc2)c(=O)n(CC(=O)NCc2cc3cnccc3[nH]2)c1=O. The van der Waals surface area contributed by atoms with Crippen molar-refractivity contribution in [1.29, 1.82) is 0 Å². The predicted octanol–water partition coefficient (Wildman–Crippen LogP) is 1.91. The number of rotatable bonds is 8. The van der Waals surface area contributed by atoms with Crippen molar-refractivity contribution in [2.45, 2.75) is 32.4 Å². The highest BCUT2D eigenvalue weighted by Crippen LogP contribution is 2.13. The molecule has 0 saturated carbocycles. The van der Waals surface area contributed by atoms with E-state index in [4.69, 9.17) is 0 Å². The van der Waals surface area contributed by atoms with Crippen LogP contribution in [0.25, 0.3) is 10.9 Å². The number of H-pyrrole nitrogens is 1. The van der Waals surface area contributed by atoms with Crippen LogP contribution in [0.2, 0.25) is 0 Å². The molecule has 1 aromatic carbocycles. The van der Waals surface area contributed by atoms with Gasteiger partial charge in [-0.1, -0.05) is 30.3 Å². The van der Waals surface area contributed by atoms with Gasteiger partial charge in [-0.15, -0.1) is 0 Å². The van der Waals surface area contributed by atoms with Crippen LogP contribution in [0.15, 0.2) is 70.6 Å². The fourth-order valence-corrected chi connectivity index (χ4v) is 3.75. The number of aryl methyl sites for hydroxylation is 3. The number of carbonyl (C=O) groups excluding carboxylic acids is 1. The molecule has 0 aliphatic carbocycles. The van der Waals surface area contributed by atoms with Crippen molar-refractivity contribution in [2.24, 2.45) is 7.05 Å². The van der Waals surface area contributed by atoms with Crippen molar-refractivity contribution in [3.63, 3.8) is 0 Å². The molecule has 0 bridgehead atoms. The lowest BCUT2D eigenvalue weighted by Crippen LogP contribution is -2.44. The number of benzene rings is 1. The third kappa shape index (κ3) is 4.85. The number of fused-ring (bicyclic) bond motifs is 1. The second kappa shape index (κ2) is 9.47. The van der Waals surface area contributed by atoms with Crippen LogP contribution in [0.5, 0.6) is 0 Å². The molecule has 3 aromatic heterocycles. The molecule has 0 aliphatic heterocycles. The largest absolute Gasteiger partial charge is 0.357 e. The van der Waals surface area contributed by atoms with Crippen molar-refractivity contribution in [3.8, 4) is 0 Å². The molecule has 2 N–H and O–H groups in total. The lowest BCUT2D eigenvalue weighted by atomic mass is 10.1. The van der Waals surface area contributed by atoms with E-state index in [1.54, 1.807) is 25.6 Å². The van der Waals surface area contributed by atoms with E-state index in [2.05, 4.69) is 15.3 Å². The Labute approximate surface area is 184 Å². The standard InChI is InChI=1S/C24H25N5O3/c1-28-15-18(9-5-8-17-6-3-2-4-7-17)23(31)29(24(28)32)16-22(30)26-14-20-12-19-13-25-11-10-21(19)27-20/h2-4,6-7,10-13,15,27H,5,8-9,14,16H2,1H3,(H,26,30). The van der Waals surface area contributed by atoms with Gasteiger partial charge in [0.05, 0.1) is 6.54 Å². The minimum Gasteiger partial charge on any atom is -0.357 e. The highest BCUT2D eigenvalue weighted by Gasteiger charge is 2.13. The fraction of sp³-hybridized carbons (Fsp3) is 0.250. The zero-order valence-corrected chi connectivity index (χ0v) is 17.9. The van der Waals surface area contributed by atoms with Crippen molar-refractivity contribution >= 4 is 16.8 Å². The average Bonchev–Trinajstić information content (AvgIpc) is 3.22. The number of nitrogens with zero attached hydrogens (tertiary/aromatic N) is 3. The topological polar surface area (TPSA) is 102 Å². The van der Waals surface area contributed by atoms with Gasteiger partial charge in [-0.05, 0) is 37.0 Å². The van der Waals surface area contributed by atoms with Crippen LogP contribution in [-0.2, 0) is 37.8 Å². The molecule has 0 atom stereocenters. The smallest absolute Gasteiger partial charge is 0.331 e. The molecular formula is C24H25N5O3. The molecule has 32 heavy (non-hydrogen) atoms. The van der Waals surface area contributed by atoms with Gasteiger partial charge in [0.25, 0.3) is 5.56 Å². The van der Waals surface area contributed by atoms with Gasteiger partial charge in [0.2, 0.25) is 5.91 Å². The summed E-state index contributed by atoms with van der Waals surface area (Å²) < 4.78 is 2.36. The maximum atomic E-state index is 12.9. The normalized spacial score (nSPS) is 11.0. The number of nitrogens with one attached hydrogen (secondary N) is 2. The number of amides is 1. The minimum absolute atomic E-state index is 0.263. The Kier molecular flexibility index (Phi) is 6.30. The van der Waals surface area contributed by atoms with E-state index in [0.717, 1.165) is 34.0 Å². The lowest BCUT2D eigenvalue weighted by molar-refractivity contribution is -0.122. The first-order valence-electron chi connectivity index (χ1n) is 10.5. The van der Waals surface area contributed by atoms with Crippen molar-refractivity contribution in [3.05, 3.63) is 98.7 Å². The third-order valence-electron chi connectivity index (χ3n) is 5.41. The summed E-state index contributed by atoms with van der Waals surface area (Å²) >= 11 is 0. The van der Waals surface area contributed by atoms with Crippen LogP contribution in [0, 0.1) is 0 Å². The number of pyridine rings is 1. The average molecular weight is 431 g/mol. The number of aromatic amines is 1. The van der Waals surface area contributed by atoms with Crippen LogP contribution in [0.1, 0.15) is 23.2 Å². The lowest BCUT2D eigenvalue weighted by Gasteiger charge is -2.11. The molecule has 0 radical (unpaired) electrons. The molecule has 1 amide bonds. The van der Waals surface area contributed by atoms with E-state index in [0.29, 0.717) is 12.0 Å². The highest BCUT2D eigenvalue weighted by molar-refractivity contribution is 5.79. The van der Waals surface area contributed by atoms with Crippen molar-refractivity contribution in [1.82, 2.24) is 24.4 Å². The van der Waals surface area contributed by atoms with E-state index in [9.17, 15) is 14.4 Å². The van der Waals surface area contributed by atoms with E-state index in [1.165, 1.54) is 10.1 Å². The minimum atomic E-state index is -0.506. The summed E-state index contributed by atoms with van der Waals surface area (Å²) in [6.07, 6.45) is 7.15. The molecule has 4 rings (SSSR count). The zero-order valence-electron chi connectivity index (χ0n) is 17.9. The first-order valence-corrected chi connectivity index (χ1v) is 10.5. The summed E-state index contributed by atoms with van der Waals surface area (Å²) in [5, 5.41) is 3.72.